The first-order valence-electron chi connectivity index (χ1n) is 6.24. The van der Waals surface area contributed by atoms with Gasteiger partial charge < -0.3 is 20.6 Å². The summed E-state index contributed by atoms with van der Waals surface area (Å²) < 4.78 is 0. The highest BCUT2D eigenvalue weighted by Gasteiger charge is 2.12. The highest BCUT2D eigenvalue weighted by molar-refractivity contribution is 8.13. The van der Waals surface area contributed by atoms with E-state index in [0.29, 0.717) is 6.54 Å². The van der Waals surface area contributed by atoms with Crippen molar-refractivity contribution in [2.24, 2.45) is 4.99 Å². The molecule has 0 aromatic heterocycles. The molecule has 0 unspecified atom stereocenters. The van der Waals surface area contributed by atoms with E-state index < -0.39 is 0 Å². The molecule has 1 heterocycles. The van der Waals surface area contributed by atoms with E-state index in [1.54, 1.807) is 11.8 Å². The zero-order chi connectivity index (χ0) is 12.3. The van der Waals surface area contributed by atoms with Gasteiger partial charge in [0.1, 0.15) is 0 Å². The van der Waals surface area contributed by atoms with Crippen LogP contribution in [0.1, 0.15) is 6.42 Å². The number of rotatable bonds is 6. The number of aliphatic hydroxyl groups is 1. The lowest BCUT2D eigenvalue weighted by atomic mass is 10.4. The van der Waals surface area contributed by atoms with E-state index in [9.17, 15) is 0 Å². The van der Waals surface area contributed by atoms with Gasteiger partial charge >= 0.3 is 0 Å². The summed E-state index contributed by atoms with van der Waals surface area (Å²) in [5.41, 5.74) is 0. The Bertz CT molecular complexity index is 220. The lowest BCUT2D eigenvalue weighted by molar-refractivity contribution is 0.292. The fraction of sp³-hybridized carbons (Fsp3) is 0.909. The van der Waals surface area contributed by atoms with Gasteiger partial charge in [0, 0.05) is 39.3 Å². The molecule has 3 N–H and O–H groups in total. The van der Waals surface area contributed by atoms with E-state index in [1.807, 2.05) is 0 Å². The van der Waals surface area contributed by atoms with Crippen molar-refractivity contribution in [3.05, 3.63) is 0 Å². The van der Waals surface area contributed by atoms with E-state index in [-0.39, 0.29) is 6.61 Å². The predicted molar refractivity (Wildman–Crippen MR) is 74.8 cm³/mol. The summed E-state index contributed by atoms with van der Waals surface area (Å²) >= 11 is 1.73. The molecule has 0 bridgehead atoms. The Balaban J connectivity index is 2.19. The molecule has 0 atom stereocenters. The molecule has 1 saturated heterocycles. The summed E-state index contributed by atoms with van der Waals surface area (Å²) in [6, 6.07) is 0. The largest absolute Gasteiger partial charge is 0.395 e. The summed E-state index contributed by atoms with van der Waals surface area (Å²) in [6.07, 6.45) is 3.11. The minimum Gasteiger partial charge on any atom is -0.395 e. The number of nitrogens with one attached hydrogen (secondary N) is 2. The van der Waals surface area contributed by atoms with Gasteiger partial charge in [-0.2, -0.15) is 0 Å². The van der Waals surface area contributed by atoms with Crippen molar-refractivity contribution in [3.63, 3.8) is 0 Å². The Hall–Kier alpha value is -0.300. The molecule has 17 heavy (non-hydrogen) atoms. The molecule has 0 saturated carbocycles. The minimum absolute atomic E-state index is 0.208. The molecule has 1 fully saturated rings. The van der Waals surface area contributed by atoms with Crippen LogP contribution in [0.25, 0.3) is 0 Å². The smallest absolute Gasteiger partial charge is 0.158 e. The topological polar surface area (TPSA) is 59.9 Å². The van der Waals surface area contributed by atoms with Crippen LogP contribution in [0.2, 0.25) is 0 Å². The van der Waals surface area contributed by atoms with Gasteiger partial charge in [-0.05, 0) is 19.2 Å². The van der Waals surface area contributed by atoms with Crippen LogP contribution in [0.15, 0.2) is 4.99 Å². The maximum atomic E-state index is 8.61. The van der Waals surface area contributed by atoms with Crippen molar-refractivity contribution in [3.8, 4) is 0 Å². The second kappa shape index (κ2) is 9.70. The van der Waals surface area contributed by atoms with Crippen LogP contribution in [0.4, 0.5) is 0 Å². The van der Waals surface area contributed by atoms with Crippen LogP contribution in [0.3, 0.4) is 0 Å². The first kappa shape index (κ1) is 14.8. The summed E-state index contributed by atoms with van der Waals surface area (Å²) in [6.45, 7) is 6.89. The van der Waals surface area contributed by atoms with Crippen molar-refractivity contribution in [2.45, 2.75) is 6.42 Å². The number of hydrogen-bond donors (Lipinski definition) is 3. The average molecular weight is 260 g/mol. The Kier molecular flexibility index (Phi) is 8.42. The molecular weight excluding hydrogens is 236 g/mol. The number of nitrogens with zero attached hydrogens (tertiary/aromatic N) is 2. The average Bonchev–Trinajstić information content (AvgIpc) is 2.39. The van der Waals surface area contributed by atoms with Gasteiger partial charge in [0.2, 0.25) is 0 Å². The number of aliphatic imine (C=N–C) groups is 1. The fourth-order valence-electron chi connectivity index (χ4n) is 1.73. The Morgan fingerprint density at radius 3 is 2.82 bits per heavy atom. The monoisotopic (exact) mass is 260 g/mol. The first-order chi connectivity index (χ1) is 8.38. The number of hydrogen-bond acceptors (Lipinski definition) is 5. The van der Waals surface area contributed by atoms with Crippen LogP contribution in [0, 0.1) is 0 Å². The van der Waals surface area contributed by atoms with Crippen LogP contribution < -0.4 is 10.6 Å². The van der Waals surface area contributed by atoms with Gasteiger partial charge in [0.05, 0.1) is 6.61 Å². The maximum absolute atomic E-state index is 8.61. The molecule has 0 aromatic carbocycles. The SMILES string of the molecule is CSC(=NCCCNCCO)N1CCNCC1. The van der Waals surface area contributed by atoms with Crippen molar-refractivity contribution in [1.29, 1.82) is 0 Å². The molecule has 0 radical (unpaired) electrons. The fourth-order valence-corrected chi connectivity index (χ4v) is 2.39. The molecule has 1 aliphatic heterocycles. The van der Waals surface area contributed by atoms with Gasteiger partial charge in [-0.3, -0.25) is 4.99 Å². The predicted octanol–water partition coefficient (Wildman–Crippen LogP) is -0.417. The van der Waals surface area contributed by atoms with Crippen molar-refractivity contribution >= 4 is 16.9 Å². The standard InChI is InChI=1S/C11H24N4OS/c1-17-11(15-8-5-13-6-9-15)14-4-2-3-12-7-10-16/h12-13,16H,2-10H2,1H3. The quantitative estimate of drug-likeness (QED) is 0.344. The van der Waals surface area contributed by atoms with Crippen molar-refractivity contribution < 1.29 is 5.11 Å². The number of amidine groups is 1. The van der Waals surface area contributed by atoms with Crippen LogP contribution >= 0.6 is 11.8 Å². The highest BCUT2D eigenvalue weighted by atomic mass is 32.2. The summed E-state index contributed by atoms with van der Waals surface area (Å²) in [5, 5.41) is 16.3. The second-order valence-corrected chi connectivity index (χ2v) is 4.71. The summed E-state index contributed by atoms with van der Waals surface area (Å²) in [7, 11) is 0. The molecule has 5 nitrogen and oxygen atoms in total. The van der Waals surface area contributed by atoms with Gasteiger partial charge in [0.15, 0.2) is 5.17 Å². The van der Waals surface area contributed by atoms with Gasteiger partial charge in [-0.1, -0.05) is 11.8 Å². The van der Waals surface area contributed by atoms with Gasteiger partial charge in [-0.25, -0.2) is 0 Å². The third kappa shape index (κ3) is 6.26. The molecule has 6 heteroatoms. The molecule has 0 aromatic rings. The molecule has 100 valence electrons. The zero-order valence-electron chi connectivity index (χ0n) is 10.6. The van der Waals surface area contributed by atoms with E-state index in [4.69, 9.17) is 5.11 Å². The van der Waals surface area contributed by atoms with Crippen molar-refractivity contribution in [2.75, 3.05) is 58.7 Å². The first-order valence-corrected chi connectivity index (χ1v) is 7.46. The molecule has 0 spiro atoms. The highest BCUT2D eigenvalue weighted by Crippen LogP contribution is 2.06. The third-order valence-electron chi connectivity index (χ3n) is 2.62. The maximum Gasteiger partial charge on any atom is 0.158 e. The molecular formula is C11H24N4OS. The molecule has 1 rings (SSSR count). The number of piperazine rings is 1. The van der Waals surface area contributed by atoms with Gasteiger partial charge in [-0.15, -0.1) is 0 Å². The van der Waals surface area contributed by atoms with Crippen LogP contribution in [0.5, 0.6) is 0 Å². The minimum atomic E-state index is 0.208. The molecule has 1 aliphatic rings. The molecule has 0 aliphatic carbocycles. The number of thioether (sulfide) groups is 1. The van der Waals surface area contributed by atoms with Gasteiger partial charge in [0.25, 0.3) is 0 Å². The Labute approximate surface area is 108 Å². The van der Waals surface area contributed by atoms with Crippen LogP contribution in [-0.2, 0) is 0 Å². The van der Waals surface area contributed by atoms with E-state index in [0.717, 1.165) is 50.9 Å². The van der Waals surface area contributed by atoms with E-state index >= 15 is 0 Å². The Morgan fingerprint density at radius 2 is 2.18 bits per heavy atom. The summed E-state index contributed by atoms with van der Waals surface area (Å²) in [4.78, 5) is 6.99. The van der Waals surface area contributed by atoms with Crippen LogP contribution in [-0.4, -0.2) is 73.9 Å². The van der Waals surface area contributed by atoms with Crippen molar-refractivity contribution in [1.82, 2.24) is 15.5 Å². The number of aliphatic hydroxyl groups excluding tert-OH is 1. The Morgan fingerprint density at radius 1 is 1.41 bits per heavy atom. The van der Waals surface area contributed by atoms with E-state index in [2.05, 4.69) is 26.8 Å². The van der Waals surface area contributed by atoms with E-state index in [1.165, 1.54) is 0 Å². The lowest BCUT2D eigenvalue weighted by Gasteiger charge is -2.29. The summed E-state index contributed by atoms with van der Waals surface area (Å²) in [5.74, 6) is 0. The third-order valence-corrected chi connectivity index (χ3v) is 3.37. The normalized spacial score (nSPS) is 17.5. The second-order valence-electron chi connectivity index (χ2n) is 3.93. The zero-order valence-corrected chi connectivity index (χ0v) is 11.4. The lowest BCUT2D eigenvalue weighted by Crippen LogP contribution is -2.45. The molecule has 0 amide bonds.